The third kappa shape index (κ3) is 2.39. The van der Waals surface area contributed by atoms with Crippen LogP contribution in [0.3, 0.4) is 0 Å². The fourth-order valence-corrected chi connectivity index (χ4v) is 3.07. The number of halogens is 1. The molecular weight excluding hydrogens is 246 g/mol. The monoisotopic (exact) mass is 265 g/mol. The van der Waals surface area contributed by atoms with E-state index in [2.05, 4.69) is 17.4 Å². The second-order valence-electron chi connectivity index (χ2n) is 5.50. The average Bonchev–Trinajstić information content (AvgIpc) is 2.21. The van der Waals surface area contributed by atoms with E-state index < -0.39 is 0 Å². The van der Waals surface area contributed by atoms with E-state index in [0.29, 0.717) is 5.88 Å². The van der Waals surface area contributed by atoms with Crippen molar-refractivity contribution in [3.05, 3.63) is 34.4 Å². The lowest BCUT2D eigenvalue weighted by Crippen LogP contribution is -2.55. The minimum Gasteiger partial charge on any atom is -0.345 e. The average molecular weight is 266 g/mol. The first kappa shape index (κ1) is 13.4. The fourth-order valence-electron chi connectivity index (χ4n) is 2.74. The fraction of sp³-hybridized carbons (Fsp3) is 0.533. The third-order valence-corrected chi connectivity index (χ3v) is 4.36. The van der Waals surface area contributed by atoms with Gasteiger partial charge in [-0.05, 0) is 51.2 Å². The van der Waals surface area contributed by atoms with E-state index in [9.17, 15) is 4.79 Å². The maximum Gasteiger partial charge on any atom is 0.252 e. The SMILES string of the molecule is Cc1cc(C)c(C(=O)NC2(CCl)CCC2)c(C)c1. The van der Waals surface area contributed by atoms with Crippen LogP contribution in [0.2, 0.25) is 0 Å². The molecule has 1 N–H and O–H groups in total. The van der Waals surface area contributed by atoms with Gasteiger partial charge in [0.1, 0.15) is 0 Å². The smallest absolute Gasteiger partial charge is 0.252 e. The van der Waals surface area contributed by atoms with Crippen molar-refractivity contribution in [2.24, 2.45) is 0 Å². The predicted octanol–water partition coefficient (Wildman–Crippen LogP) is 3.50. The highest BCUT2D eigenvalue weighted by Crippen LogP contribution is 2.33. The van der Waals surface area contributed by atoms with E-state index in [1.165, 1.54) is 5.56 Å². The van der Waals surface area contributed by atoms with Crippen molar-refractivity contribution in [1.29, 1.82) is 0 Å². The molecule has 0 unspecified atom stereocenters. The summed E-state index contributed by atoms with van der Waals surface area (Å²) in [6.45, 7) is 6.03. The highest BCUT2D eigenvalue weighted by atomic mass is 35.5. The van der Waals surface area contributed by atoms with Gasteiger partial charge in [-0.1, -0.05) is 17.7 Å². The van der Waals surface area contributed by atoms with Crippen molar-refractivity contribution in [3.63, 3.8) is 0 Å². The molecule has 0 aromatic heterocycles. The van der Waals surface area contributed by atoms with Gasteiger partial charge in [0.05, 0.1) is 5.54 Å². The molecule has 0 heterocycles. The molecule has 1 aromatic carbocycles. The lowest BCUT2D eigenvalue weighted by Gasteiger charge is -2.41. The van der Waals surface area contributed by atoms with Crippen molar-refractivity contribution >= 4 is 17.5 Å². The number of rotatable bonds is 3. The first-order valence-corrected chi connectivity index (χ1v) is 6.97. The summed E-state index contributed by atoms with van der Waals surface area (Å²) < 4.78 is 0. The molecule has 0 aliphatic heterocycles. The molecule has 1 saturated carbocycles. The van der Waals surface area contributed by atoms with Crippen LogP contribution in [0, 0.1) is 20.8 Å². The summed E-state index contributed by atoms with van der Waals surface area (Å²) in [7, 11) is 0. The van der Waals surface area contributed by atoms with Crippen LogP contribution in [0.1, 0.15) is 46.3 Å². The van der Waals surface area contributed by atoms with Crippen LogP contribution in [-0.4, -0.2) is 17.3 Å². The topological polar surface area (TPSA) is 29.1 Å². The van der Waals surface area contributed by atoms with Crippen LogP contribution < -0.4 is 5.32 Å². The van der Waals surface area contributed by atoms with Gasteiger partial charge in [-0.2, -0.15) is 0 Å². The van der Waals surface area contributed by atoms with Crippen molar-refractivity contribution in [1.82, 2.24) is 5.32 Å². The van der Waals surface area contributed by atoms with Crippen molar-refractivity contribution < 1.29 is 4.79 Å². The van der Waals surface area contributed by atoms with Crippen LogP contribution in [0.5, 0.6) is 0 Å². The number of aryl methyl sites for hydroxylation is 3. The molecule has 0 spiro atoms. The van der Waals surface area contributed by atoms with Crippen LogP contribution in [0.25, 0.3) is 0 Å². The summed E-state index contributed by atoms with van der Waals surface area (Å²) in [5, 5.41) is 3.13. The van der Waals surface area contributed by atoms with E-state index in [1.54, 1.807) is 0 Å². The number of hydrogen-bond acceptors (Lipinski definition) is 1. The Hall–Kier alpha value is -1.02. The van der Waals surface area contributed by atoms with Gasteiger partial charge in [0, 0.05) is 11.4 Å². The van der Waals surface area contributed by atoms with Gasteiger partial charge in [-0.3, -0.25) is 4.79 Å². The Balaban J connectivity index is 2.24. The van der Waals surface area contributed by atoms with Gasteiger partial charge in [-0.25, -0.2) is 0 Å². The van der Waals surface area contributed by atoms with Crippen LogP contribution >= 0.6 is 11.6 Å². The molecule has 1 fully saturated rings. The van der Waals surface area contributed by atoms with Gasteiger partial charge in [0.25, 0.3) is 5.91 Å². The first-order chi connectivity index (χ1) is 8.47. The second-order valence-corrected chi connectivity index (χ2v) is 5.76. The third-order valence-electron chi connectivity index (χ3n) is 3.85. The molecule has 1 aromatic rings. The van der Waals surface area contributed by atoms with Gasteiger partial charge < -0.3 is 5.32 Å². The zero-order valence-corrected chi connectivity index (χ0v) is 12.0. The number of carbonyl (C=O) groups is 1. The van der Waals surface area contributed by atoms with Crippen molar-refractivity contribution in [3.8, 4) is 0 Å². The standard InChI is InChI=1S/C15H20ClNO/c1-10-7-11(2)13(12(3)8-10)14(18)17-15(9-16)5-4-6-15/h7-8H,4-6,9H2,1-3H3,(H,17,18). The predicted molar refractivity (Wildman–Crippen MR) is 75.4 cm³/mol. The summed E-state index contributed by atoms with van der Waals surface area (Å²) in [5.41, 5.74) is 3.90. The Bertz CT molecular complexity index is 449. The van der Waals surface area contributed by atoms with E-state index in [0.717, 1.165) is 36.0 Å². The molecular formula is C15H20ClNO. The molecule has 1 amide bonds. The highest BCUT2D eigenvalue weighted by Gasteiger charge is 2.38. The zero-order chi connectivity index (χ0) is 13.3. The van der Waals surface area contributed by atoms with Gasteiger partial charge in [-0.15, -0.1) is 11.6 Å². The van der Waals surface area contributed by atoms with E-state index >= 15 is 0 Å². The number of amides is 1. The zero-order valence-electron chi connectivity index (χ0n) is 11.3. The molecule has 2 nitrogen and oxygen atoms in total. The number of nitrogens with one attached hydrogen (secondary N) is 1. The van der Waals surface area contributed by atoms with Crippen molar-refractivity contribution in [2.75, 3.05) is 5.88 Å². The summed E-state index contributed by atoms with van der Waals surface area (Å²) in [4.78, 5) is 12.4. The number of carbonyl (C=O) groups excluding carboxylic acids is 1. The molecule has 1 aliphatic carbocycles. The Morgan fingerprint density at radius 2 is 1.83 bits per heavy atom. The summed E-state index contributed by atoms with van der Waals surface area (Å²) in [6, 6.07) is 4.10. The van der Waals surface area contributed by atoms with Gasteiger partial charge >= 0.3 is 0 Å². The Kier molecular flexibility index (Phi) is 3.67. The highest BCUT2D eigenvalue weighted by molar-refractivity contribution is 6.19. The van der Waals surface area contributed by atoms with E-state index in [4.69, 9.17) is 11.6 Å². The Labute approximate surface area is 114 Å². The normalized spacial score (nSPS) is 17.1. The number of alkyl halides is 1. The largest absolute Gasteiger partial charge is 0.345 e. The quantitative estimate of drug-likeness (QED) is 0.833. The Morgan fingerprint density at radius 3 is 2.22 bits per heavy atom. The molecule has 0 saturated heterocycles. The van der Waals surface area contributed by atoms with E-state index in [1.807, 2.05) is 20.8 Å². The molecule has 1 aliphatic rings. The lowest BCUT2D eigenvalue weighted by molar-refractivity contribution is 0.0852. The summed E-state index contributed by atoms with van der Waals surface area (Å²) >= 11 is 5.98. The van der Waals surface area contributed by atoms with Crippen LogP contribution in [-0.2, 0) is 0 Å². The molecule has 0 bridgehead atoms. The second kappa shape index (κ2) is 4.93. The molecule has 3 heteroatoms. The van der Waals surface area contributed by atoms with Crippen LogP contribution in [0.4, 0.5) is 0 Å². The molecule has 18 heavy (non-hydrogen) atoms. The van der Waals surface area contributed by atoms with Crippen LogP contribution in [0.15, 0.2) is 12.1 Å². The summed E-state index contributed by atoms with van der Waals surface area (Å²) in [6.07, 6.45) is 3.14. The maximum absolute atomic E-state index is 12.4. The molecule has 2 rings (SSSR count). The minimum absolute atomic E-state index is 0.0188. The van der Waals surface area contributed by atoms with Crippen molar-refractivity contribution in [2.45, 2.75) is 45.6 Å². The minimum atomic E-state index is -0.164. The number of hydrogen-bond donors (Lipinski definition) is 1. The lowest BCUT2D eigenvalue weighted by atomic mass is 9.78. The first-order valence-electron chi connectivity index (χ1n) is 6.44. The summed E-state index contributed by atoms with van der Waals surface area (Å²) in [5.74, 6) is 0.522. The maximum atomic E-state index is 12.4. The Morgan fingerprint density at radius 1 is 1.28 bits per heavy atom. The van der Waals surface area contributed by atoms with E-state index in [-0.39, 0.29) is 11.4 Å². The molecule has 0 radical (unpaired) electrons. The molecule has 98 valence electrons. The number of benzene rings is 1. The van der Waals surface area contributed by atoms with Gasteiger partial charge in [0.15, 0.2) is 0 Å². The van der Waals surface area contributed by atoms with Gasteiger partial charge in [0.2, 0.25) is 0 Å². The molecule has 0 atom stereocenters.